The van der Waals surface area contributed by atoms with E-state index in [1.165, 1.54) is 12.2 Å². The SMILES string of the molecule is COC(=O)[C@H]1ON(c2ccccc2)[C@@H](C(=O)c2ccccc2)[C@@H]1B1OC(C)(C)C(C)(C)O1. The van der Waals surface area contributed by atoms with Gasteiger partial charge in [0.25, 0.3) is 0 Å². The van der Waals surface area contributed by atoms with Crippen LogP contribution in [0.15, 0.2) is 60.7 Å². The van der Waals surface area contributed by atoms with E-state index < -0.39 is 42.3 Å². The number of para-hydroxylation sites is 1. The molecule has 2 aromatic carbocycles. The topological polar surface area (TPSA) is 74.3 Å². The summed E-state index contributed by atoms with van der Waals surface area (Å²) in [7, 11) is 0.446. The van der Waals surface area contributed by atoms with Gasteiger partial charge in [0.1, 0.15) is 6.04 Å². The summed E-state index contributed by atoms with van der Waals surface area (Å²) in [5.41, 5.74) is -0.124. The molecule has 0 amide bonds. The predicted molar refractivity (Wildman–Crippen MR) is 120 cm³/mol. The molecule has 2 aliphatic rings. The molecule has 0 radical (unpaired) electrons. The Bertz CT molecular complexity index is 964. The third-order valence-electron chi connectivity index (χ3n) is 6.55. The summed E-state index contributed by atoms with van der Waals surface area (Å²) in [6.45, 7) is 7.72. The molecule has 2 aliphatic heterocycles. The second-order valence-electron chi connectivity index (χ2n) is 9.09. The second kappa shape index (κ2) is 8.35. The van der Waals surface area contributed by atoms with E-state index in [-0.39, 0.29) is 5.78 Å². The maximum atomic E-state index is 13.8. The van der Waals surface area contributed by atoms with Gasteiger partial charge in [-0.25, -0.2) is 9.86 Å². The fourth-order valence-electron chi connectivity index (χ4n) is 4.08. The Morgan fingerprint density at radius 1 is 0.906 bits per heavy atom. The zero-order chi connectivity index (χ0) is 23.1. The van der Waals surface area contributed by atoms with Crippen LogP contribution < -0.4 is 5.06 Å². The normalized spacial score (nSPS) is 26.2. The van der Waals surface area contributed by atoms with Gasteiger partial charge in [-0.3, -0.25) is 9.63 Å². The molecule has 168 valence electrons. The van der Waals surface area contributed by atoms with Crippen LogP contribution in [0.4, 0.5) is 5.69 Å². The Hall–Kier alpha value is -2.68. The van der Waals surface area contributed by atoms with Crippen molar-refractivity contribution in [3.8, 4) is 0 Å². The zero-order valence-corrected chi connectivity index (χ0v) is 19.0. The van der Waals surface area contributed by atoms with Crippen LogP contribution in [-0.2, 0) is 23.7 Å². The molecular formula is C24H28BNO6. The molecule has 2 aromatic rings. The first-order valence-electron chi connectivity index (χ1n) is 10.7. The lowest BCUT2D eigenvalue weighted by Crippen LogP contribution is -2.45. The van der Waals surface area contributed by atoms with Crippen molar-refractivity contribution in [3.05, 3.63) is 66.2 Å². The highest BCUT2D eigenvalue weighted by atomic mass is 16.7. The molecule has 4 rings (SSSR count). The fraction of sp³-hybridized carbons (Fsp3) is 0.417. The van der Waals surface area contributed by atoms with E-state index in [0.717, 1.165) is 0 Å². The van der Waals surface area contributed by atoms with Gasteiger partial charge in [-0.1, -0.05) is 48.5 Å². The number of ketones is 1. The average molecular weight is 437 g/mol. The van der Waals surface area contributed by atoms with Crippen molar-refractivity contribution >= 4 is 24.6 Å². The van der Waals surface area contributed by atoms with Crippen LogP contribution in [0.5, 0.6) is 0 Å². The number of hydrogen-bond donors (Lipinski definition) is 0. The van der Waals surface area contributed by atoms with Gasteiger partial charge in [-0.15, -0.1) is 0 Å². The lowest BCUT2D eigenvalue weighted by atomic mass is 9.63. The number of Topliss-reactive ketones (excluding diaryl/α,β-unsaturated/α-hetero) is 1. The summed E-state index contributed by atoms with van der Waals surface area (Å²) >= 11 is 0. The number of ether oxygens (including phenoxy) is 1. The summed E-state index contributed by atoms with van der Waals surface area (Å²) in [6, 6.07) is 17.3. The van der Waals surface area contributed by atoms with Gasteiger partial charge < -0.3 is 14.0 Å². The molecular weight excluding hydrogens is 409 g/mol. The molecule has 0 aliphatic carbocycles. The molecule has 0 spiro atoms. The summed E-state index contributed by atoms with van der Waals surface area (Å²) < 4.78 is 17.6. The first-order valence-corrected chi connectivity index (χ1v) is 10.7. The maximum absolute atomic E-state index is 13.8. The van der Waals surface area contributed by atoms with Gasteiger partial charge in [0, 0.05) is 5.56 Å². The number of nitrogens with zero attached hydrogens (tertiary/aromatic N) is 1. The van der Waals surface area contributed by atoms with Crippen LogP contribution in [0.2, 0.25) is 5.82 Å². The van der Waals surface area contributed by atoms with Gasteiger partial charge in [0.2, 0.25) is 0 Å². The molecule has 32 heavy (non-hydrogen) atoms. The van der Waals surface area contributed by atoms with Gasteiger partial charge in [0.05, 0.1) is 29.8 Å². The highest BCUT2D eigenvalue weighted by molar-refractivity contribution is 6.49. The first kappa shape index (κ1) is 22.5. The minimum absolute atomic E-state index is 0.194. The van der Waals surface area contributed by atoms with Crippen molar-refractivity contribution in [2.24, 2.45) is 0 Å². The summed E-state index contributed by atoms with van der Waals surface area (Å²) in [5, 5.41) is 1.49. The van der Waals surface area contributed by atoms with E-state index in [9.17, 15) is 9.59 Å². The molecule has 2 fully saturated rings. The van der Waals surface area contributed by atoms with Gasteiger partial charge >= 0.3 is 13.1 Å². The Balaban J connectivity index is 1.82. The van der Waals surface area contributed by atoms with Crippen molar-refractivity contribution in [2.75, 3.05) is 12.2 Å². The lowest BCUT2D eigenvalue weighted by Gasteiger charge is -2.32. The van der Waals surface area contributed by atoms with Crippen molar-refractivity contribution < 1.29 is 28.5 Å². The van der Waals surface area contributed by atoms with E-state index in [0.29, 0.717) is 11.3 Å². The summed E-state index contributed by atoms with van der Waals surface area (Å²) in [4.78, 5) is 32.7. The molecule has 3 atom stereocenters. The predicted octanol–water partition coefficient (Wildman–Crippen LogP) is 3.69. The summed E-state index contributed by atoms with van der Waals surface area (Å²) in [5.74, 6) is -1.54. The molecule has 0 N–H and O–H groups in total. The van der Waals surface area contributed by atoms with Crippen molar-refractivity contribution in [2.45, 2.75) is 56.9 Å². The average Bonchev–Trinajstić information content (AvgIpc) is 3.28. The quantitative estimate of drug-likeness (QED) is 0.401. The highest BCUT2D eigenvalue weighted by Crippen LogP contribution is 2.47. The number of carbonyl (C=O) groups is 2. The number of hydrogen-bond acceptors (Lipinski definition) is 7. The monoisotopic (exact) mass is 437 g/mol. The molecule has 7 nitrogen and oxygen atoms in total. The van der Waals surface area contributed by atoms with Crippen LogP contribution in [0, 0.1) is 0 Å². The second-order valence-corrected chi connectivity index (χ2v) is 9.09. The largest absolute Gasteiger partial charge is 0.467 e. The van der Waals surface area contributed by atoms with E-state index in [4.69, 9.17) is 18.9 Å². The minimum Gasteiger partial charge on any atom is -0.467 e. The smallest absolute Gasteiger partial charge is 0.467 e. The fourth-order valence-corrected chi connectivity index (χ4v) is 4.08. The number of esters is 1. The Morgan fingerprint density at radius 2 is 1.44 bits per heavy atom. The van der Waals surface area contributed by atoms with Crippen LogP contribution >= 0.6 is 0 Å². The molecule has 2 saturated heterocycles. The Kier molecular flexibility index (Phi) is 5.88. The maximum Gasteiger partial charge on any atom is 0.467 e. The molecule has 0 aromatic heterocycles. The van der Waals surface area contributed by atoms with Crippen LogP contribution in [0.1, 0.15) is 38.1 Å². The van der Waals surface area contributed by atoms with Gasteiger partial charge in [-0.2, -0.15) is 0 Å². The van der Waals surface area contributed by atoms with Crippen LogP contribution in [0.3, 0.4) is 0 Å². The number of methoxy groups -OCH3 is 1. The number of carbonyl (C=O) groups excluding carboxylic acids is 2. The molecule has 2 heterocycles. The van der Waals surface area contributed by atoms with Crippen molar-refractivity contribution in [3.63, 3.8) is 0 Å². The van der Waals surface area contributed by atoms with E-state index in [1.807, 2.05) is 64.1 Å². The van der Waals surface area contributed by atoms with E-state index in [2.05, 4.69) is 0 Å². The Morgan fingerprint density at radius 3 is 1.97 bits per heavy atom. The standard InChI is InChI=1S/C24H28BNO6/c1-23(2)24(3,4)32-25(31-23)18-19(20(27)16-12-8-6-9-13-16)26(17-14-10-7-11-15-17)30-21(18)22(28)29-5/h6-15,18-19,21H,1-5H3/t18-,19+,21-/m0/s1. The third-order valence-corrected chi connectivity index (χ3v) is 6.55. The van der Waals surface area contributed by atoms with E-state index >= 15 is 0 Å². The van der Waals surface area contributed by atoms with Crippen LogP contribution in [0.25, 0.3) is 0 Å². The highest BCUT2D eigenvalue weighted by Gasteiger charge is 2.63. The zero-order valence-electron chi connectivity index (χ0n) is 19.0. The van der Waals surface area contributed by atoms with Gasteiger partial charge in [-0.05, 0) is 39.8 Å². The molecule has 0 unspecified atom stereocenters. The third kappa shape index (κ3) is 3.83. The first-order chi connectivity index (χ1) is 15.2. The molecule has 0 bridgehead atoms. The van der Waals surface area contributed by atoms with Crippen LogP contribution in [-0.4, -0.2) is 49.3 Å². The van der Waals surface area contributed by atoms with Crippen molar-refractivity contribution in [1.82, 2.24) is 0 Å². The van der Waals surface area contributed by atoms with E-state index in [1.54, 1.807) is 24.3 Å². The van der Waals surface area contributed by atoms with Gasteiger partial charge in [0.15, 0.2) is 11.9 Å². The molecule has 0 saturated carbocycles. The number of rotatable bonds is 5. The minimum atomic E-state index is -1.08. The summed E-state index contributed by atoms with van der Waals surface area (Å²) in [6.07, 6.45) is -1.08. The number of benzene rings is 2. The lowest BCUT2D eigenvalue weighted by molar-refractivity contribution is -0.152. The Labute approximate surface area is 188 Å². The number of hydroxylamine groups is 1. The number of anilines is 1. The molecule has 8 heteroatoms. The van der Waals surface area contributed by atoms with Crippen molar-refractivity contribution in [1.29, 1.82) is 0 Å².